The van der Waals surface area contributed by atoms with Gasteiger partial charge in [-0.15, -0.1) is 0 Å². The van der Waals surface area contributed by atoms with Gasteiger partial charge in [-0.2, -0.15) is 0 Å². The molecular weight excluding hydrogens is 218 g/mol. The molecule has 88 valence electrons. The summed E-state index contributed by atoms with van der Waals surface area (Å²) in [7, 11) is 0. The summed E-state index contributed by atoms with van der Waals surface area (Å²) in [5.74, 6) is 0.843. The quantitative estimate of drug-likeness (QED) is 0.808. The minimum Gasteiger partial charge on any atom is -0.382 e. The summed E-state index contributed by atoms with van der Waals surface area (Å²) < 4.78 is 0. The van der Waals surface area contributed by atoms with Gasteiger partial charge in [0.25, 0.3) is 0 Å². The van der Waals surface area contributed by atoms with Crippen LogP contribution in [-0.4, -0.2) is 6.04 Å². The van der Waals surface area contributed by atoms with Gasteiger partial charge in [-0.3, -0.25) is 0 Å². The van der Waals surface area contributed by atoms with Crippen LogP contribution in [0, 0.1) is 12.8 Å². The molecule has 2 rings (SSSR count). The summed E-state index contributed by atoms with van der Waals surface area (Å²) in [6.45, 7) is 4.40. The second kappa shape index (κ2) is 5.09. The average molecular weight is 238 g/mol. The molecule has 1 aromatic rings. The number of hydrogen-bond donors (Lipinski definition) is 1. The van der Waals surface area contributed by atoms with E-state index in [1.807, 2.05) is 12.1 Å². The zero-order valence-corrected chi connectivity index (χ0v) is 10.8. The Labute approximate surface area is 103 Å². The molecule has 0 amide bonds. The lowest BCUT2D eigenvalue weighted by Crippen LogP contribution is -2.24. The third-order valence-corrected chi connectivity index (χ3v) is 3.91. The van der Waals surface area contributed by atoms with Gasteiger partial charge in [0, 0.05) is 16.8 Å². The smallest absolute Gasteiger partial charge is 0.0410 e. The first-order valence-electron chi connectivity index (χ1n) is 6.19. The predicted molar refractivity (Wildman–Crippen MR) is 71.2 cm³/mol. The van der Waals surface area contributed by atoms with Gasteiger partial charge in [0.1, 0.15) is 0 Å². The van der Waals surface area contributed by atoms with Crippen LogP contribution in [0.3, 0.4) is 0 Å². The number of rotatable bonds is 3. The maximum absolute atomic E-state index is 5.95. The van der Waals surface area contributed by atoms with Gasteiger partial charge >= 0.3 is 0 Å². The van der Waals surface area contributed by atoms with Crippen molar-refractivity contribution in [3.8, 4) is 0 Å². The van der Waals surface area contributed by atoms with Crippen LogP contribution < -0.4 is 5.32 Å². The normalized spacial score (nSPS) is 18.7. The molecule has 1 aliphatic rings. The summed E-state index contributed by atoms with van der Waals surface area (Å²) in [5, 5.41) is 4.44. The molecule has 1 atom stereocenters. The molecule has 1 aliphatic carbocycles. The molecule has 1 unspecified atom stereocenters. The number of hydrogen-bond acceptors (Lipinski definition) is 1. The average Bonchev–Trinajstić information content (AvgIpc) is 2.75. The standard InChI is InChI=1S/C14H20ClN/c1-10-9-13(15)7-8-14(10)16-11(2)12-5-3-4-6-12/h7-9,11-12,16H,3-6H2,1-2H3. The van der Waals surface area contributed by atoms with Crippen molar-refractivity contribution in [1.82, 2.24) is 0 Å². The molecule has 1 nitrogen and oxygen atoms in total. The topological polar surface area (TPSA) is 12.0 Å². The largest absolute Gasteiger partial charge is 0.382 e. The molecule has 1 aromatic carbocycles. The SMILES string of the molecule is Cc1cc(Cl)ccc1NC(C)C1CCCC1. The Balaban J connectivity index is 2.02. The highest BCUT2D eigenvalue weighted by Gasteiger charge is 2.21. The van der Waals surface area contributed by atoms with E-state index in [-0.39, 0.29) is 0 Å². The Kier molecular flexibility index (Phi) is 3.75. The minimum absolute atomic E-state index is 0.572. The lowest BCUT2D eigenvalue weighted by molar-refractivity contribution is 0.482. The fourth-order valence-corrected chi connectivity index (χ4v) is 2.84. The Morgan fingerprint density at radius 2 is 2.00 bits per heavy atom. The number of benzene rings is 1. The maximum Gasteiger partial charge on any atom is 0.0410 e. The summed E-state index contributed by atoms with van der Waals surface area (Å²) in [5.41, 5.74) is 2.46. The van der Waals surface area contributed by atoms with Gasteiger partial charge < -0.3 is 5.32 Å². The van der Waals surface area contributed by atoms with Crippen molar-refractivity contribution in [2.45, 2.75) is 45.6 Å². The van der Waals surface area contributed by atoms with E-state index in [1.54, 1.807) is 0 Å². The first kappa shape index (κ1) is 11.8. The molecule has 16 heavy (non-hydrogen) atoms. The molecule has 1 saturated carbocycles. The Hall–Kier alpha value is -0.690. The number of anilines is 1. The van der Waals surface area contributed by atoms with Crippen LogP contribution in [0.25, 0.3) is 0 Å². The van der Waals surface area contributed by atoms with E-state index in [2.05, 4.69) is 25.2 Å². The zero-order chi connectivity index (χ0) is 11.5. The summed E-state index contributed by atoms with van der Waals surface area (Å²) in [6.07, 6.45) is 5.55. The molecule has 0 bridgehead atoms. The molecule has 0 heterocycles. The highest BCUT2D eigenvalue weighted by molar-refractivity contribution is 6.30. The summed E-state index contributed by atoms with van der Waals surface area (Å²) in [4.78, 5) is 0. The maximum atomic E-state index is 5.95. The van der Waals surface area contributed by atoms with Crippen molar-refractivity contribution < 1.29 is 0 Å². The van der Waals surface area contributed by atoms with Gasteiger partial charge in [0.15, 0.2) is 0 Å². The molecule has 0 aliphatic heterocycles. The van der Waals surface area contributed by atoms with E-state index in [9.17, 15) is 0 Å². The molecule has 0 saturated heterocycles. The van der Waals surface area contributed by atoms with Crippen LogP contribution in [0.4, 0.5) is 5.69 Å². The number of nitrogens with one attached hydrogen (secondary N) is 1. The zero-order valence-electron chi connectivity index (χ0n) is 10.1. The van der Waals surface area contributed by atoms with E-state index in [0.29, 0.717) is 6.04 Å². The number of aryl methyl sites for hydroxylation is 1. The van der Waals surface area contributed by atoms with Crippen LogP contribution in [0.2, 0.25) is 5.02 Å². The summed E-state index contributed by atoms with van der Waals surface area (Å²) in [6, 6.07) is 6.63. The van der Waals surface area contributed by atoms with Crippen molar-refractivity contribution in [1.29, 1.82) is 0 Å². The highest BCUT2D eigenvalue weighted by Crippen LogP contribution is 2.30. The van der Waals surface area contributed by atoms with Crippen LogP contribution in [0.15, 0.2) is 18.2 Å². The first-order chi connectivity index (χ1) is 7.66. The predicted octanol–water partition coefficient (Wildman–Crippen LogP) is 4.64. The van der Waals surface area contributed by atoms with E-state index >= 15 is 0 Å². The second-order valence-electron chi connectivity index (χ2n) is 4.94. The van der Waals surface area contributed by atoms with Gasteiger partial charge in [0.05, 0.1) is 0 Å². The Morgan fingerprint density at radius 1 is 1.31 bits per heavy atom. The Morgan fingerprint density at radius 3 is 2.62 bits per heavy atom. The van der Waals surface area contributed by atoms with Gasteiger partial charge in [-0.05, 0) is 56.4 Å². The molecule has 0 spiro atoms. The van der Waals surface area contributed by atoms with E-state index in [0.717, 1.165) is 10.9 Å². The van der Waals surface area contributed by atoms with Crippen molar-refractivity contribution in [3.63, 3.8) is 0 Å². The van der Waals surface area contributed by atoms with E-state index in [4.69, 9.17) is 11.6 Å². The highest BCUT2D eigenvalue weighted by atomic mass is 35.5. The summed E-state index contributed by atoms with van der Waals surface area (Å²) >= 11 is 5.95. The van der Waals surface area contributed by atoms with Crippen molar-refractivity contribution in [3.05, 3.63) is 28.8 Å². The van der Waals surface area contributed by atoms with Crippen LogP contribution in [0.5, 0.6) is 0 Å². The van der Waals surface area contributed by atoms with Gasteiger partial charge in [-0.1, -0.05) is 24.4 Å². The van der Waals surface area contributed by atoms with E-state index < -0.39 is 0 Å². The lowest BCUT2D eigenvalue weighted by atomic mass is 9.99. The molecular formula is C14H20ClN. The van der Waals surface area contributed by atoms with Crippen LogP contribution >= 0.6 is 11.6 Å². The van der Waals surface area contributed by atoms with Crippen molar-refractivity contribution in [2.24, 2.45) is 5.92 Å². The van der Waals surface area contributed by atoms with Gasteiger partial charge in [0.2, 0.25) is 0 Å². The van der Waals surface area contributed by atoms with Crippen LogP contribution in [-0.2, 0) is 0 Å². The van der Waals surface area contributed by atoms with Crippen LogP contribution in [0.1, 0.15) is 38.2 Å². The van der Waals surface area contributed by atoms with E-state index in [1.165, 1.54) is 36.9 Å². The fourth-order valence-electron chi connectivity index (χ4n) is 2.61. The fraction of sp³-hybridized carbons (Fsp3) is 0.571. The Bertz CT molecular complexity index is 356. The lowest BCUT2D eigenvalue weighted by Gasteiger charge is -2.22. The second-order valence-corrected chi connectivity index (χ2v) is 5.37. The minimum atomic E-state index is 0.572. The van der Waals surface area contributed by atoms with Crippen molar-refractivity contribution in [2.75, 3.05) is 5.32 Å². The first-order valence-corrected chi connectivity index (χ1v) is 6.57. The molecule has 0 aromatic heterocycles. The van der Waals surface area contributed by atoms with Crippen molar-refractivity contribution >= 4 is 17.3 Å². The third-order valence-electron chi connectivity index (χ3n) is 3.68. The monoisotopic (exact) mass is 237 g/mol. The number of halogens is 1. The molecule has 1 fully saturated rings. The third kappa shape index (κ3) is 2.70. The molecule has 0 radical (unpaired) electrons. The molecule has 1 N–H and O–H groups in total. The van der Waals surface area contributed by atoms with Gasteiger partial charge in [-0.25, -0.2) is 0 Å². The molecule has 2 heteroatoms.